The van der Waals surface area contributed by atoms with Crippen LogP contribution in [0.15, 0.2) is 91.1 Å². The first kappa shape index (κ1) is 17.5. The summed E-state index contributed by atoms with van der Waals surface area (Å²) in [6.07, 6.45) is 1.28. The van der Waals surface area contributed by atoms with Gasteiger partial charge in [-0.15, -0.1) is 0 Å². The first-order valence-electron chi connectivity index (χ1n) is 8.90. The highest BCUT2D eigenvalue weighted by molar-refractivity contribution is 5.93. The molecule has 0 fully saturated rings. The van der Waals surface area contributed by atoms with Gasteiger partial charge >= 0.3 is 5.91 Å². The zero-order chi connectivity index (χ0) is 19.5. The molecule has 0 saturated carbocycles. The summed E-state index contributed by atoms with van der Waals surface area (Å²) in [6, 6.07) is 24.5. The van der Waals surface area contributed by atoms with Gasteiger partial charge in [-0.1, -0.05) is 60.7 Å². The Morgan fingerprint density at radius 2 is 1.61 bits per heavy atom. The summed E-state index contributed by atoms with van der Waals surface area (Å²) in [6.45, 7) is 0. The van der Waals surface area contributed by atoms with Crippen molar-refractivity contribution in [3.63, 3.8) is 0 Å². The lowest BCUT2D eigenvalue weighted by molar-refractivity contribution is -0.607. The molecule has 4 rings (SSSR count). The normalized spacial score (nSPS) is 11.9. The van der Waals surface area contributed by atoms with Crippen molar-refractivity contribution in [3.8, 4) is 5.75 Å². The van der Waals surface area contributed by atoms with Crippen molar-refractivity contribution >= 4 is 16.7 Å². The lowest BCUT2D eigenvalue weighted by Gasteiger charge is -2.22. The second kappa shape index (κ2) is 7.40. The molecule has 0 spiro atoms. The lowest BCUT2D eigenvalue weighted by atomic mass is 9.92. The zero-order valence-corrected chi connectivity index (χ0v) is 14.9. The van der Waals surface area contributed by atoms with E-state index in [9.17, 15) is 15.1 Å². The Morgan fingerprint density at radius 3 is 2.39 bits per heavy atom. The number of nitrogens with zero attached hydrogens (tertiary/aromatic N) is 1. The summed E-state index contributed by atoms with van der Waals surface area (Å²) in [5.41, 5.74) is 1.38. The molecular formula is C23H18N2O3. The second-order valence-electron chi connectivity index (χ2n) is 6.45. The van der Waals surface area contributed by atoms with E-state index in [1.54, 1.807) is 18.2 Å². The van der Waals surface area contributed by atoms with E-state index in [1.807, 2.05) is 60.7 Å². The number of amides is 1. The summed E-state index contributed by atoms with van der Waals surface area (Å²) < 4.78 is 0.528. The van der Waals surface area contributed by atoms with Gasteiger partial charge in [0.2, 0.25) is 0 Å². The third kappa shape index (κ3) is 3.25. The van der Waals surface area contributed by atoms with Crippen LogP contribution in [0, 0.1) is 5.21 Å². The molecule has 1 amide bonds. The van der Waals surface area contributed by atoms with Crippen LogP contribution in [0.5, 0.6) is 5.75 Å². The second-order valence-corrected chi connectivity index (χ2v) is 6.45. The van der Waals surface area contributed by atoms with Crippen LogP contribution < -0.4 is 10.0 Å². The van der Waals surface area contributed by atoms with Crippen molar-refractivity contribution in [3.05, 3.63) is 113 Å². The lowest BCUT2D eigenvalue weighted by Crippen LogP contribution is -2.40. The number of hydrogen-bond donors (Lipinski definition) is 2. The zero-order valence-electron chi connectivity index (χ0n) is 14.9. The van der Waals surface area contributed by atoms with E-state index in [2.05, 4.69) is 5.32 Å². The minimum Gasteiger partial charge on any atom is -0.618 e. The maximum Gasteiger partial charge on any atom is 0.318 e. The van der Waals surface area contributed by atoms with Gasteiger partial charge in [0.05, 0.1) is 6.04 Å². The summed E-state index contributed by atoms with van der Waals surface area (Å²) in [7, 11) is 0. The third-order valence-corrected chi connectivity index (χ3v) is 4.70. The van der Waals surface area contributed by atoms with Crippen LogP contribution in [0.25, 0.3) is 10.8 Å². The van der Waals surface area contributed by atoms with Crippen molar-refractivity contribution in [1.82, 2.24) is 5.32 Å². The fraction of sp³-hybridized carbons (Fsp3) is 0.0435. The van der Waals surface area contributed by atoms with Gasteiger partial charge in [0.15, 0.2) is 6.20 Å². The molecule has 0 aliphatic heterocycles. The summed E-state index contributed by atoms with van der Waals surface area (Å²) >= 11 is 0. The van der Waals surface area contributed by atoms with Crippen LogP contribution in [-0.2, 0) is 0 Å². The average molecular weight is 370 g/mol. The summed E-state index contributed by atoms with van der Waals surface area (Å²) in [5, 5.41) is 27.4. The van der Waals surface area contributed by atoms with Gasteiger partial charge < -0.3 is 15.6 Å². The molecule has 0 radical (unpaired) electrons. The number of aromatic nitrogens is 1. The van der Waals surface area contributed by atoms with E-state index in [-0.39, 0.29) is 11.4 Å². The maximum absolute atomic E-state index is 12.9. The molecule has 2 N–H and O–H groups in total. The number of benzene rings is 3. The van der Waals surface area contributed by atoms with E-state index in [0.717, 1.165) is 16.3 Å². The standard InChI is InChI=1S/C23H18N2O3/c26-20-14-13-16-8-4-5-11-18(16)21(20)22(17-9-2-1-3-10-17)24-23(27)19-12-6-7-15-25(19)28/h1-15,22,26H,(H,24,27). The molecule has 4 aromatic rings. The fourth-order valence-electron chi connectivity index (χ4n) is 3.36. The first-order valence-corrected chi connectivity index (χ1v) is 8.90. The molecule has 28 heavy (non-hydrogen) atoms. The number of rotatable bonds is 4. The SMILES string of the molecule is O=C(NC(c1ccccc1)c1c(O)ccc2ccccc12)c1cccc[n+]1[O-]. The molecule has 1 heterocycles. The van der Waals surface area contributed by atoms with Gasteiger partial charge in [0.1, 0.15) is 5.75 Å². The number of pyridine rings is 1. The molecular weight excluding hydrogens is 352 g/mol. The molecule has 0 saturated heterocycles. The quantitative estimate of drug-likeness (QED) is 0.425. The molecule has 138 valence electrons. The number of fused-ring (bicyclic) bond motifs is 1. The van der Waals surface area contributed by atoms with Gasteiger partial charge in [-0.3, -0.25) is 4.79 Å². The van der Waals surface area contributed by atoms with Gasteiger partial charge in [0.25, 0.3) is 5.69 Å². The summed E-state index contributed by atoms with van der Waals surface area (Å²) in [5.74, 6) is -0.437. The highest BCUT2D eigenvalue weighted by Gasteiger charge is 2.25. The Hall–Kier alpha value is -3.86. The minimum absolute atomic E-state index is 0.0110. The number of nitrogens with one attached hydrogen (secondary N) is 1. The van der Waals surface area contributed by atoms with E-state index in [0.29, 0.717) is 10.3 Å². The maximum atomic E-state index is 12.9. The molecule has 0 aliphatic rings. The van der Waals surface area contributed by atoms with Crippen LogP contribution in [0.4, 0.5) is 0 Å². The molecule has 0 aliphatic carbocycles. The number of aromatic hydroxyl groups is 1. The topological polar surface area (TPSA) is 76.3 Å². The van der Waals surface area contributed by atoms with E-state index < -0.39 is 11.9 Å². The van der Waals surface area contributed by atoms with Crippen LogP contribution in [0.2, 0.25) is 0 Å². The van der Waals surface area contributed by atoms with Gasteiger partial charge in [-0.25, -0.2) is 0 Å². The van der Waals surface area contributed by atoms with Crippen LogP contribution in [0.1, 0.15) is 27.7 Å². The van der Waals surface area contributed by atoms with Crippen molar-refractivity contribution in [2.75, 3.05) is 0 Å². The Bertz CT molecular complexity index is 1140. The molecule has 5 heteroatoms. The van der Waals surface area contributed by atoms with Crippen LogP contribution in [0.3, 0.4) is 0 Å². The molecule has 5 nitrogen and oxygen atoms in total. The van der Waals surface area contributed by atoms with Crippen molar-refractivity contribution < 1.29 is 14.6 Å². The molecule has 1 aromatic heterocycles. The predicted molar refractivity (Wildman–Crippen MR) is 107 cm³/mol. The predicted octanol–water partition coefficient (Wildman–Crippen LogP) is 3.70. The Balaban J connectivity index is 1.86. The fourth-order valence-corrected chi connectivity index (χ4v) is 3.36. The minimum atomic E-state index is -0.625. The van der Waals surface area contributed by atoms with Crippen molar-refractivity contribution in [1.29, 1.82) is 0 Å². The average Bonchev–Trinajstić information content (AvgIpc) is 2.73. The monoisotopic (exact) mass is 370 g/mol. The van der Waals surface area contributed by atoms with Gasteiger partial charge in [0, 0.05) is 17.7 Å². The van der Waals surface area contributed by atoms with Crippen molar-refractivity contribution in [2.45, 2.75) is 6.04 Å². The van der Waals surface area contributed by atoms with E-state index in [4.69, 9.17) is 0 Å². The Kier molecular flexibility index (Phi) is 4.64. The van der Waals surface area contributed by atoms with Gasteiger partial charge in [-0.2, -0.15) is 4.73 Å². The van der Waals surface area contributed by atoms with Gasteiger partial charge in [-0.05, 0) is 28.5 Å². The number of hydrogen-bond acceptors (Lipinski definition) is 3. The van der Waals surface area contributed by atoms with Crippen LogP contribution in [-0.4, -0.2) is 11.0 Å². The summed E-state index contributed by atoms with van der Waals surface area (Å²) in [4.78, 5) is 12.9. The third-order valence-electron chi connectivity index (χ3n) is 4.70. The molecule has 3 aromatic carbocycles. The van der Waals surface area contributed by atoms with E-state index >= 15 is 0 Å². The number of phenols is 1. The highest BCUT2D eigenvalue weighted by Crippen LogP contribution is 2.35. The number of carbonyl (C=O) groups excluding carboxylic acids is 1. The largest absolute Gasteiger partial charge is 0.618 e. The molecule has 1 atom stereocenters. The Morgan fingerprint density at radius 1 is 0.893 bits per heavy atom. The number of carbonyl (C=O) groups is 1. The Labute approximate surface area is 162 Å². The molecule has 0 bridgehead atoms. The van der Waals surface area contributed by atoms with E-state index in [1.165, 1.54) is 12.3 Å². The number of phenolic OH excluding ortho intramolecular Hbond substituents is 1. The first-order chi connectivity index (χ1) is 13.6. The van der Waals surface area contributed by atoms with Crippen molar-refractivity contribution in [2.24, 2.45) is 0 Å². The smallest absolute Gasteiger partial charge is 0.318 e. The van der Waals surface area contributed by atoms with Crippen LogP contribution >= 0.6 is 0 Å². The highest BCUT2D eigenvalue weighted by atomic mass is 16.5. The molecule has 1 unspecified atom stereocenters.